The summed E-state index contributed by atoms with van der Waals surface area (Å²) in [6.45, 7) is 0.843. The number of benzene rings is 3. The lowest BCUT2D eigenvalue weighted by molar-refractivity contribution is 0.842. The first-order valence-corrected chi connectivity index (χ1v) is 8.11. The zero-order valence-electron chi connectivity index (χ0n) is 13.6. The van der Waals surface area contributed by atoms with Gasteiger partial charge in [-0.25, -0.2) is 0 Å². The molecule has 0 aliphatic heterocycles. The predicted molar refractivity (Wildman–Crippen MR) is 102 cm³/mol. The van der Waals surface area contributed by atoms with Crippen molar-refractivity contribution in [1.82, 2.24) is 9.99 Å². The molecule has 0 atom stereocenters. The van der Waals surface area contributed by atoms with Crippen molar-refractivity contribution in [3.8, 4) is 0 Å². The monoisotopic (exact) mass is 313 g/mol. The first-order chi connectivity index (χ1) is 11.9. The van der Waals surface area contributed by atoms with Crippen LogP contribution in [0.2, 0.25) is 0 Å². The maximum absolute atomic E-state index is 4.17. The molecular weight excluding hydrogens is 294 g/mol. The smallest absolute Gasteiger partial charge is 0.0561 e. The quantitative estimate of drug-likeness (QED) is 0.439. The Morgan fingerprint density at radius 3 is 2.54 bits per heavy atom. The van der Waals surface area contributed by atoms with E-state index in [2.05, 4.69) is 88.0 Å². The van der Waals surface area contributed by atoms with Gasteiger partial charge in [0.2, 0.25) is 0 Å². The van der Waals surface area contributed by atoms with E-state index in [-0.39, 0.29) is 0 Å². The Labute approximate surface area is 141 Å². The first kappa shape index (κ1) is 14.5. The number of hydrogen-bond acceptors (Lipinski definition) is 2. The van der Waals surface area contributed by atoms with Gasteiger partial charge in [0.1, 0.15) is 0 Å². The molecule has 3 nitrogen and oxygen atoms in total. The predicted octanol–water partition coefficient (Wildman–Crippen LogP) is 4.40. The topological polar surface area (TPSA) is 29.3 Å². The Bertz CT molecular complexity index is 1020. The fraction of sp³-hybridized carbons (Fsp3) is 0.0952. The molecule has 3 aromatic carbocycles. The summed E-state index contributed by atoms with van der Waals surface area (Å²) in [5.41, 5.74) is 6.50. The standard InChI is InChI=1S/C21H19N3/c1-22-23-13-18-15-24(21-12-5-4-11-20(18)21)14-17-9-6-8-16-7-2-3-10-19(16)17/h2-13,15,22H,14H2,1H3/b23-13+. The lowest BCUT2D eigenvalue weighted by Gasteiger charge is -2.09. The van der Waals surface area contributed by atoms with Gasteiger partial charge in [0, 0.05) is 36.3 Å². The molecule has 4 aromatic rings. The summed E-state index contributed by atoms with van der Waals surface area (Å²) in [5, 5.41) is 7.98. The van der Waals surface area contributed by atoms with E-state index >= 15 is 0 Å². The zero-order chi connectivity index (χ0) is 16.4. The van der Waals surface area contributed by atoms with Crippen LogP contribution in [0.25, 0.3) is 21.7 Å². The Balaban J connectivity index is 1.83. The molecule has 24 heavy (non-hydrogen) atoms. The van der Waals surface area contributed by atoms with Crippen molar-refractivity contribution in [2.45, 2.75) is 6.54 Å². The van der Waals surface area contributed by atoms with Gasteiger partial charge in [-0.3, -0.25) is 0 Å². The van der Waals surface area contributed by atoms with Gasteiger partial charge >= 0.3 is 0 Å². The van der Waals surface area contributed by atoms with Crippen LogP contribution >= 0.6 is 0 Å². The number of nitrogens with one attached hydrogen (secondary N) is 1. The summed E-state index contributed by atoms with van der Waals surface area (Å²) in [6, 6.07) is 23.5. The zero-order valence-corrected chi connectivity index (χ0v) is 13.6. The molecule has 0 saturated carbocycles. The third-order valence-corrected chi connectivity index (χ3v) is 4.37. The fourth-order valence-corrected chi connectivity index (χ4v) is 3.26. The molecule has 0 radical (unpaired) electrons. The second-order valence-electron chi connectivity index (χ2n) is 5.85. The van der Waals surface area contributed by atoms with Gasteiger partial charge in [-0.15, -0.1) is 0 Å². The van der Waals surface area contributed by atoms with E-state index in [0.29, 0.717) is 0 Å². The summed E-state index contributed by atoms with van der Waals surface area (Å²) in [6.07, 6.45) is 4.05. The van der Waals surface area contributed by atoms with Crippen LogP contribution in [0.15, 0.2) is 78.0 Å². The summed E-state index contributed by atoms with van der Waals surface area (Å²) in [5.74, 6) is 0. The molecular formula is C21H19N3. The third kappa shape index (κ3) is 2.54. The lowest BCUT2D eigenvalue weighted by atomic mass is 10.0. The SMILES string of the molecule is CN/N=C/c1cn(Cc2cccc3ccccc23)c2ccccc12. The highest BCUT2D eigenvalue weighted by Gasteiger charge is 2.08. The normalized spacial score (nSPS) is 11.5. The first-order valence-electron chi connectivity index (χ1n) is 8.11. The van der Waals surface area contributed by atoms with Gasteiger partial charge in [-0.2, -0.15) is 5.10 Å². The van der Waals surface area contributed by atoms with E-state index in [1.165, 1.54) is 27.2 Å². The molecule has 0 aliphatic carbocycles. The van der Waals surface area contributed by atoms with Gasteiger partial charge in [0.25, 0.3) is 0 Å². The maximum atomic E-state index is 4.17. The molecule has 0 saturated heterocycles. The van der Waals surface area contributed by atoms with Crippen LogP contribution in [0.4, 0.5) is 0 Å². The minimum Gasteiger partial charge on any atom is -0.342 e. The van der Waals surface area contributed by atoms with Crippen LogP contribution in [0.5, 0.6) is 0 Å². The molecule has 118 valence electrons. The van der Waals surface area contributed by atoms with Crippen LogP contribution in [-0.2, 0) is 6.54 Å². The Hall–Kier alpha value is -3.07. The van der Waals surface area contributed by atoms with E-state index in [0.717, 1.165) is 12.1 Å². The Morgan fingerprint density at radius 1 is 0.917 bits per heavy atom. The average molecular weight is 313 g/mol. The number of hydrazone groups is 1. The van der Waals surface area contributed by atoms with Crippen molar-refractivity contribution in [1.29, 1.82) is 0 Å². The van der Waals surface area contributed by atoms with E-state index in [4.69, 9.17) is 0 Å². The molecule has 0 bridgehead atoms. The van der Waals surface area contributed by atoms with E-state index in [1.807, 2.05) is 13.3 Å². The number of rotatable bonds is 4. The van der Waals surface area contributed by atoms with E-state index < -0.39 is 0 Å². The fourth-order valence-electron chi connectivity index (χ4n) is 3.26. The van der Waals surface area contributed by atoms with E-state index in [1.54, 1.807) is 0 Å². The molecule has 4 rings (SSSR count). The minimum atomic E-state index is 0.843. The van der Waals surface area contributed by atoms with Gasteiger partial charge in [-0.05, 0) is 22.4 Å². The van der Waals surface area contributed by atoms with Crippen LogP contribution < -0.4 is 5.43 Å². The van der Waals surface area contributed by atoms with Crippen molar-refractivity contribution in [3.05, 3.63) is 84.1 Å². The second-order valence-corrected chi connectivity index (χ2v) is 5.85. The summed E-state index contributed by atoms with van der Waals surface area (Å²) in [4.78, 5) is 0. The van der Waals surface area contributed by atoms with Gasteiger partial charge in [-0.1, -0.05) is 60.7 Å². The van der Waals surface area contributed by atoms with Gasteiger partial charge < -0.3 is 9.99 Å². The lowest BCUT2D eigenvalue weighted by Crippen LogP contribution is -1.99. The molecule has 0 aliphatic rings. The van der Waals surface area contributed by atoms with Crippen LogP contribution in [0.1, 0.15) is 11.1 Å². The number of hydrogen-bond donors (Lipinski definition) is 1. The number of fused-ring (bicyclic) bond motifs is 2. The molecule has 1 heterocycles. The minimum absolute atomic E-state index is 0.843. The highest BCUT2D eigenvalue weighted by atomic mass is 15.3. The van der Waals surface area contributed by atoms with Crippen molar-refractivity contribution in [2.24, 2.45) is 5.10 Å². The number of para-hydroxylation sites is 1. The van der Waals surface area contributed by atoms with Crippen molar-refractivity contribution in [3.63, 3.8) is 0 Å². The average Bonchev–Trinajstić information content (AvgIpc) is 2.98. The molecule has 0 fully saturated rings. The molecule has 1 N–H and O–H groups in total. The van der Waals surface area contributed by atoms with Crippen molar-refractivity contribution >= 4 is 27.9 Å². The van der Waals surface area contributed by atoms with Crippen LogP contribution in [0, 0.1) is 0 Å². The summed E-state index contributed by atoms with van der Waals surface area (Å²) in [7, 11) is 1.81. The maximum Gasteiger partial charge on any atom is 0.0561 e. The molecule has 0 unspecified atom stereocenters. The van der Waals surface area contributed by atoms with E-state index in [9.17, 15) is 0 Å². The summed E-state index contributed by atoms with van der Waals surface area (Å²) >= 11 is 0. The van der Waals surface area contributed by atoms with Crippen LogP contribution in [0.3, 0.4) is 0 Å². The third-order valence-electron chi connectivity index (χ3n) is 4.37. The van der Waals surface area contributed by atoms with Crippen molar-refractivity contribution < 1.29 is 0 Å². The highest BCUT2D eigenvalue weighted by molar-refractivity contribution is 5.99. The molecule has 1 aromatic heterocycles. The number of nitrogens with zero attached hydrogens (tertiary/aromatic N) is 2. The second kappa shape index (κ2) is 6.20. The Kier molecular flexibility index (Phi) is 3.75. The molecule has 3 heteroatoms. The molecule has 0 spiro atoms. The largest absolute Gasteiger partial charge is 0.342 e. The van der Waals surface area contributed by atoms with Gasteiger partial charge in [0.05, 0.1) is 6.21 Å². The number of aromatic nitrogens is 1. The van der Waals surface area contributed by atoms with Crippen LogP contribution in [-0.4, -0.2) is 17.8 Å². The van der Waals surface area contributed by atoms with Gasteiger partial charge in [0.15, 0.2) is 0 Å². The Morgan fingerprint density at radius 2 is 1.67 bits per heavy atom. The molecule has 0 amide bonds. The highest BCUT2D eigenvalue weighted by Crippen LogP contribution is 2.24. The van der Waals surface area contributed by atoms with Crippen molar-refractivity contribution in [2.75, 3.05) is 7.05 Å². The summed E-state index contributed by atoms with van der Waals surface area (Å²) < 4.78 is 2.30.